The fourth-order valence-electron chi connectivity index (χ4n) is 1.58. The number of aromatic nitrogens is 2. The molecule has 1 rings (SSSR count). The van der Waals surface area contributed by atoms with Crippen LogP contribution in [0.3, 0.4) is 0 Å². The van der Waals surface area contributed by atoms with Crippen molar-refractivity contribution in [2.45, 2.75) is 31.6 Å². The third kappa shape index (κ3) is 3.08. The number of nitrogens with zero attached hydrogens (tertiary/aromatic N) is 1. The van der Waals surface area contributed by atoms with Crippen LogP contribution in [0.5, 0.6) is 0 Å². The van der Waals surface area contributed by atoms with E-state index in [-0.39, 0.29) is 0 Å². The van der Waals surface area contributed by atoms with Crippen LogP contribution < -0.4 is 11.2 Å². The lowest BCUT2D eigenvalue weighted by molar-refractivity contribution is 0.409. The molecule has 102 valence electrons. The van der Waals surface area contributed by atoms with Crippen molar-refractivity contribution in [1.29, 1.82) is 0 Å². The Hall–Kier alpha value is -1.41. The maximum absolute atomic E-state index is 12.2. The van der Waals surface area contributed by atoms with E-state index >= 15 is 0 Å². The maximum atomic E-state index is 12.2. The van der Waals surface area contributed by atoms with Crippen LogP contribution in [0.15, 0.2) is 20.7 Å². The molecular weight excluding hydrogens is 258 g/mol. The number of hydrogen-bond acceptors (Lipinski definition) is 4. The zero-order valence-electron chi connectivity index (χ0n) is 10.4. The highest BCUT2D eigenvalue weighted by molar-refractivity contribution is 7.89. The van der Waals surface area contributed by atoms with Crippen LogP contribution in [0.1, 0.15) is 26.7 Å². The first kappa shape index (κ1) is 14.7. The van der Waals surface area contributed by atoms with E-state index in [2.05, 4.69) is 4.98 Å². The molecule has 0 aromatic carbocycles. The van der Waals surface area contributed by atoms with Gasteiger partial charge in [-0.05, 0) is 12.8 Å². The van der Waals surface area contributed by atoms with Crippen molar-refractivity contribution in [2.75, 3.05) is 13.1 Å². The molecule has 0 saturated heterocycles. The van der Waals surface area contributed by atoms with Crippen molar-refractivity contribution >= 4 is 10.0 Å². The van der Waals surface area contributed by atoms with Gasteiger partial charge >= 0.3 is 5.69 Å². The minimum Gasteiger partial charge on any atom is -0.313 e. The van der Waals surface area contributed by atoms with Gasteiger partial charge in [-0.2, -0.15) is 4.31 Å². The summed E-state index contributed by atoms with van der Waals surface area (Å²) in [5.41, 5.74) is -1.62. The summed E-state index contributed by atoms with van der Waals surface area (Å²) in [6, 6.07) is 0. The predicted molar refractivity (Wildman–Crippen MR) is 67.0 cm³/mol. The largest absolute Gasteiger partial charge is 0.325 e. The summed E-state index contributed by atoms with van der Waals surface area (Å²) in [5, 5.41) is 0. The second kappa shape index (κ2) is 5.96. The standard InChI is InChI=1S/C10H17N3O4S/c1-3-5-13(6-4-2)18(16,17)8-7-11-10(15)12-9(8)14/h7H,3-6H2,1-2H3,(H2,11,12,14,15). The molecule has 1 aromatic heterocycles. The zero-order valence-corrected chi connectivity index (χ0v) is 11.2. The first-order valence-corrected chi connectivity index (χ1v) is 7.19. The Labute approximate surface area is 105 Å². The quantitative estimate of drug-likeness (QED) is 0.755. The summed E-state index contributed by atoms with van der Waals surface area (Å²) < 4.78 is 25.7. The molecule has 18 heavy (non-hydrogen) atoms. The minimum absolute atomic E-state index is 0.342. The molecule has 0 radical (unpaired) electrons. The molecule has 2 N–H and O–H groups in total. The van der Waals surface area contributed by atoms with Crippen molar-refractivity contribution in [3.8, 4) is 0 Å². The van der Waals surface area contributed by atoms with Crippen LogP contribution in [0.2, 0.25) is 0 Å². The van der Waals surface area contributed by atoms with Gasteiger partial charge in [-0.1, -0.05) is 13.8 Å². The summed E-state index contributed by atoms with van der Waals surface area (Å²) in [5.74, 6) is 0. The van der Waals surface area contributed by atoms with Crippen LogP contribution in [0, 0.1) is 0 Å². The summed E-state index contributed by atoms with van der Waals surface area (Å²) >= 11 is 0. The van der Waals surface area contributed by atoms with Gasteiger partial charge in [0.05, 0.1) is 0 Å². The lowest BCUT2D eigenvalue weighted by atomic mass is 10.4. The highest BCUT2D eigenvalue weighted by Crippen LogP contribution is 2.11. The van der Waals surface area contributed by atoms with Gasteiger partial charge in [-0.3, -0.25) is 9.78 Å². The van der Waals surface area contributed by atoms with Crippen molar-refractivity contribution in [1.82, 2.24) is 14.3 Å². The van der Waals surface area contributed by atoms with E-state index in [0.717, 1.165) is 6.20 Å². The molecule has 1 aromatic rings. The summed E-state index contributed by atoms with van der Waals surface area (Å²) in [7, 11) is -3.85. The molecule has 0 fully saturated rings. The van der Waals surface area contributed by atoms with Crippen LogP contribution in [-0.2, 0) is 10.0 Å². The van der Waals surface area contributed by atoms with Crippen molar-refractivity contribution in [2.24, 2.45) is 0 Å². The van der Waals surface area contributed by atoms with Gasteiger partial charge < -0.3 is 4.98 Å². The van der Waals surface area contributed by atoms with Gasteiger partial charge in [0.15, 0.2) is 4.90 Å². The first-order chi connectivity index (χ1) is 8.43. The number of rotatable bonds is 6. The lowest BCUT2D eigenvalue weighted by Gasteiger charge is -2.20. The fourth-order valence-corrected chi connectivity index (χ4v) is 3.20. The predicted octanol–water partition coefficient (Wildman–Crippen LogP) is -0.126. The molecule has 0 aliphatic carbocycles. The van der Waals surface area contributed by atoms with E-state index < -0.39 is 26.2 Å². The van der Waals surface area contributed by atoms with E-state index in [0.29, 0.717) is 25.9 Å². The van der Waals surface area contributed by atoms with E-state index in [4.69, 9.17) is 0 Å². The fraction of sp³-hybridized carbons (Fsp3) is 0.600. The number of sulfonamides is 1. The second-order valence-corrected chi connectivity index (χ2v) is 5.75. The number of hydrogen-bond donors (Lipinski definition) is 2. The summed E-state index contributed by atoms with van der Waals surface area (Å²) in [4.78, 5) is 26.0. The van der Waals surface area contributed by atoms with E-state index in [1.54, 1.807) is 0 Å². The molecule has 0 aliphatic rings. The van der Waals surface area contributed by atoms with Crippen molar-refractivity contribution in [3.63, 3.8) is 0 Å². The average molecular weight is 275 g/mol. The van der Waals surface area contributed by atoms with Crippen LogP contribution in [0.25, 0.3) is 0 Å². The van der Waals surface area contributed by atoms with Gasteiger partial charge in [0, 0.05) is 19.3 Å². The monoisotopic (exact) mass is 275 g/mol. The van der Waals surface area contributed by atoms with Gasteiger partial charge in [0.2, 0.25) is 10.0 Å². The summed E-state index contributed by atoms with van der Waals surface area (Å²) in [6.45, 7) is 4.40. The van der Waals surface area contributed by atoms with E-state index in [1.807, 2.05) is 18.8 Å². The number of aromatic amines is 2. The molecular formula is C10H17N3O4S. The lowest BCUT2D eigenvalue weighted by Crippen LogP contribution is -2.37. The third-order valence-electron chi connectivity index (χ3n) is 2.35. The molecule has 7 nitrogen and oxygen atoms in total. The molecule has 0 saturated carbocycles. The molecule has 0 atom stereocenters. The van der Waals surface area contributed by atoms with Crippen LogP contribution >= 0.6 is 0 Å². The van der Waals surface area contributed by atoms with Gasteiger partial charge in [-0.25, -0.2) is 13.2 Å². The maximum Gasteiger partial charge on any atom is 0.325 e. The van der Waals surface area contributed by atoms with Gasteiger partial charge in [0.25, 0.3) is 5.56 Å². The normalized spacial score (nSPS) is 11.9. The molecule has 0 unspecified atom stereocenters. The average Bonchev–Trinajstić information content (AvgIpc) is 2.28. The Morgan fingerprint density at radius 1 is 1.17 bits per heavy atom. The summed E-state index contributed by atoms with van der Waals surface area (Å²) in [6.07, 6.45) is 2.25. The zero-order chi connectivity index (χ0) is 13.8. The molecule has 0 bridgehead atoms. The number of nitrogens with one attached hydrogen (secondary N) is 2. The Morgan fingerprint density at radius 3 is 2.17 bits per heavy atom. The molecule has 0 aliphatic heterocycles. The Kier molecular flexibility index (Phi) is 4.85. The topological polar surface area (TPSA) is 103 Å². The highest BCUT2D eigenvalue weighted by atomic mass is 32.2. The molecule has 0 amide bonds. The van der Waals surface area contributed by atoms with E-state index in [1.165, 1.54) is 4.31 Å². The van der Waals surface area contributed by atoms with Gasteiger partial charge in [0.1, 0.15) is 0 Å². The Balaban J connectivity index is 3.26. The minimum atomic E-state index is -3.85. The van der Waals surface area contributed by atoms with E-state index in [9.17, 15) is 18.0 Å². The third-order valence-corrected chi connectivity index (χ3v) is 4.25. The SMILES string of the molecule is CCCN(CCC)S(=O)(=O)c1c[nH]c(=O)[nH]c1=O. The highest BCUT2D eigenvalue weighted by Gasteiger charge is 2.26. The number of H-pyrrole nitrogens is 2. The molecule has 0 spiro atoms. The first-order valence-electron chi connectivity index (χ1n) is 5.75. The van der Waals surface area contributed by atoms with Crippen molar-refractivity contribution in [3.05, 3.63) is 27.0 Å². The van der Waals surface area contributed by atoms with Crippen molar-refractivity contribution < 1.29 is 8.42 Å². The molecule has 8 heteroatoms. The molecule has 1 heterocycles. The van der Waals surface area contributed by atoms with Crippen LogP contribution in [-0.4, -0.2) is 35.8 Å². The Morgan fingerprint density at radius 2 is 1.72 bits per heavy atom. The van der Waals surface area contributed by atoms with Gasteiger partial charge in [-0.15, -0.1) is 0 Å². The Bertz CT molecular complexity index is 596. The smallest absolute Gasteiger partial charge is 0.313 e. The van der Waals surface area contributed by atoms with Crippen LogP contribution in [0.4, 0.5) is 0 Å². The second-order valence-electron chi connectivity index (χ2n) is 3.84.